The Morgan fingerprint density at radius 1 is 1.07 bits per heavy atom. The van der Waals surface area contributed by atoms with E-state index in [9.17, 15) is 13.2 Å². The lowest BCUT2D eigenvalue weighted by molar-refractivity contribution is 0.0952. The molecule has 1 N–H and O–H groups in total. The molecule has 0 saturated carbocycles. The van der Waals surface area contributed by atoms with Crippen molar-refractivity contribution in [2.24, 2.45) is 0 Å². The van der Waals surface area contributed by atoms with E-state index in [0.29, 0.717) is 12.1 Å². The molecule has 1 saturated heterocycles. The van der Waals surface area contributed by atoms with Gasteiger partial charge in [0.15, 0.2) is 0 Å². The molecular formula is C23H31N3O3S. The Kier molecular flexibility index (Phi) is 7.15. The first-order valence-corrected chi connectivity index (χ1v) is 11.9. The molecule has 0 aliphatic carbocycles. The number of sulfonamides is 1. The van der Waals surface area contributed by atoms with E-state index in [-0.39, 0.29) is 16.7 Å². The number of carbonyl (C=O) groups excluding carboxylic acids is 1. The predicted octanol–water partition coefficient (Wildman–Crippen LogP) is 3.46. The van der Waals surface area contributed by atoms with Crippen LogP contribution in [0.1, 0.15) is 48.0 Å². The van der Waals surface area contributed by atoms with E-state index in [1.54, 1.807) is 12.1 Å². The quantitative estimate of drug-likeness (QED) is 0.732. The number of hydrogen-bond donors (Lipinski definition) is 1. The number of benzene rings is 2. The highest BCUT2D eigenvalue weighted by Gasteiger charge is 2.24. The normalized spacial score (nSPS) is 15.8. The molecule has 0 aromatic heterocycles. The molecule has 1 aliphatic heterocycles. The number of piperidine rings is 1. The second-order valence-electron chi connectivity index (χ2n) is 8.04. The summed E-state index contributed by atoms with van der Waals surface area (Å²) in [6, 6.07) is 14.9. The molecule has 1 unspecified atom stereocenters. The molecule has 1 heterocycles. The van der Waals surface area contributed by atoms with Crippen LogP contribution in [0.25, 0.3) is 0 Å². The third kappa shape index (κ3) is 5.02. The second kappa shape index (κ2) is 9.62. The van der Waals surface area contributed by atoms with Crippen molar-refractivity contribution in [3.8, 4) is 0 Å². The lowest BCUT2D eigenvalue weighted by atomic mass is 10.0. The minimum absolute atomic E-state index is 0.134. The molecular weight excluding hydrogens is 398 g/mol. The van der Waals surface area contributed by atoms with Gasteiger partial charge in [-0.15, -0.1) is 0 Å². The summed E-state index contributed by atoms with van der Waals surface area (Å²) in [5.74, 6) is -0.0866. The molecule has 1 atom stereocenters. The number of carbonyl (C=O) groups is 1. The summed E-state index contributed by atoms with van der Waals surface area (Å²) in [6.07, 6.45) is 3.33. The first-order chi connectivity index (χ1) is 14.3. The number of amides is 1. The van der Waals surface area contributed by atoms with Crippen molar-refractivity contribution in [1.29, 1.82) is 0 Å². The standard InChI is InChI=1S/C23H31N3O3S/c1-18(19-10-6-4-7-11-19)17-24-23(27)21-16-20(30(28,29)25(2)3)12-13-22(21)26-14-8-5-9-15-26/h4,6-7,10-13,16,18H,5,8-9,14-15,17H2,1-3H3,(H,24,27). The van der Waals surface area contributed by atoms with Crippen LogP contribution in [0.15, 0.2) is 53.4 Å². The van der Waals surface area contributed by atoms with Gasteiger partial charge in [0, 0.05) is 39.4 Å². The summed E-state index contributed by atoms with van der Waals surface area (Å²) in [5, 5.41) is 3.01. The Bertz CT molecular complexity index is 968. The minimum Gasteiger partial charge on any atom is -0.371 e. The fourth-order valence-electron chi connectivity index (χ4n) is 3.72. The van der Waals surface area contributed by atoms with Gasteiger partial charge in [-0.2, -0.15) is 0 Å². The Morgan fingerprint density at radius 3 is 2.37 bits per heavy atom. The Morgan fingerprint density at radius 2 is 1.73 bits per heavy atom. The molecule has 30 heavy (non-hydrogen) atoms. The molecule has 162 valence electrons. The predicted molar refractivity (Wildman–Crippen MR) is 121 cm³/mol. The monoisotopic (exact) mass is 429 g/mol. The molecule has 0 radical (unpaired) electrons. The van der Waals surface area contributed by atoms with Gasteiger partial charge >= 0.3 is 0 Å². The van der Waals surface area contributed by atoms with E-state index < -0.39 is 10.0 Å². The minimum atomic E-state index is -3.62. The van der Waals surface area contributed by atoms with E-state index in [4.69, 9.17) is 0 Å². The number of rotatable bonds is 7. The van der Waals surface area contributed by atoms with Gasteiger partial charge in [0.1, 0.15) is 0 Å². The Labute approximate surface area is 179 Å². The maximum absolute atomic E-state index is 13.1. The third-order valence-corrected chi connectivity index (χ3v) is 7.44. The molecule has 1 aliphatic rings. The number of nitrogens with one attached hydrogen (secondary N) is 1. The van der Waals surface area contributed by atoms with Crippen molar-refractivity contribution >= 4 is 21.6 Å². The van der Waals surface area contributed by atoms with Crippen molar-refractivity contribution in [3.63, 3.8) is 0 Å². The van der Waals surface area contributed by atoms with Crippen LogP contribution >= 0.6 is 0 Å². The van der Waals surface area contributed by atoms with Crippen molar-refractivity contribution in [3.05, 3.63) is 59.7 Å². The van der Waals surface area contributed by atoms with Crippen LogP contribution in [0.4, 0.5) is 5.69 Å². The maximum Gasteiger partial charge on any atom is 0.253 e. The first kappa shape index (κ1) is 22.3. The highest BCUT2D eigenvalue weighted by molar-refractivity contribution is 7.89. The highest BCUT2D eigenvalue weighted by Crippen LogP contribution is 2.28. The van der Waals surface area contributed by atoms with Gasteiger partial charge in [-0.25, -0.2) is 12.7 Å². The molecule has 0 spiro atoms. The van der Waals surface area contributed by atoms with Gasteiger partial charge in [-0.05, 0) is 48.9 Å². The second-order valence-corrected chi connectivity index (χ2v) is 10.2. The van der Waals surface area contributed by atoms with Crippen LogP contribution in [0.3, 0.4) is 0 Å². The molecule has 0 bridgehead atoms. The molecule has 1 amide bonds. The summed E-state index contributed by atoms with van der Waals surface area (Å²) < 4.78 is 26.4. The summed E-state index contributed by atoms with van der Waals surface area (Å²) in [4.78, 5) is 15.5. The average Bonchev–Trinajstić information content (AvgIpc) is 2.77. The Balaban J connectivity index is 1.87. The van der Waals surface area contributed by atoms with Crippen LogP contribution in [0.2, 0.25) is 0 Å². The fraction of sp³-hybridized carbons (Fsp3) is 0.435. The van der Waals surface area contributed by atoms with Gasteiger partial charge in [0.2, 0.25) is 10.0 Å². The van der Waals surface area contributed by atoms with Crippen LogP contribution in [-0.4, -0.2) is 52.4 Å². The van der Waals surface area contributed by atoms with E-state index >= 15 is 0 Å². The first-order valence-electron chi connectivity index (χ1n) is 10.5. The van der Waals surface area contributed by atoms with E-state index in [1.807, 2.05) is 30.3 Å². The fourth-order valence-corrected chi connectivity index (χ4v) is 4.65. The van der Waals surface area contributed by atoms with Gasteiger partial charge in [-0.1, -0.05) is 37.3 Å². The van der Waals surface area contributed by atoms with Gasteiger partial charge < -0.3 is 10.2 Å². The van der Waals surface area contributed by atoms with Crippen molar-refractivity contribution in [2.45, 2.75) is 37.0 Å². The number of nitrogens with zero attached hydrogens (tertiary/aromatic N) is 2. The van der Waals surface area contributed by atoms with Crippen LogP contribution in [-0.2, 0) is 10.0 Å². The lowest BCUT2D eigenvalue weighted by Gasteiger charge is -2.30. The molecule has 2 aromatic rings. The average molecular weight is 430 g/mol. The molecule has 3 rings (SSSR count). The number of anilines is 1. The Hall–Kier alpha value is -2.38. The van der Waals surface area contributed by atoms with Crippen LogP contribution in [0.5, 0.6) is 0 Å². The van der Waals surface area contributed by atoms with Crippen LogP contribution in [0, 0.1) is 0 Å². The molecule has 1 fully saturated rings. The summed E-state index contributed by atoms with van der Waals surface area (Å²) >= 11 is 0. The molecule has 6 nitrogen and oxygen atoms in total. The van der Waals surface area contributed by atoms with Crippen molar-refractivity contribution in [2.75, 3.05) is 38.6 Å². The third-order valence-electron chi connectivity index (χ3n) is 5.63. The van der Waals surface area contributed by atoms with E-state index in [0.717, 1.165) is 37.2 Å². The van der Waals surface area contributed by atoms with Gasteiger partial charge in [0.25, 0.3) is 5.91 Å². The van der Waals surface area contributed by atoms with Crippen LogP contribution < -0.4 is 10.2 Å². The van der Waals surface area contributed by atoms with Crippen molar-refractivity contribution in [1.82, 2.24) is 9.62 Å². The highest BCUT2D eigenvalue weighted by atomic mass is 32.2. The number of hydrogen-bond acceptors (Lipinski definition) is 4. The summed E-state index contributed by atoms with van der Waals surface area (Å²) in [7, 11) is -0.629. The topological polar surface area (TPSA) is 69.7 Å². The summed E-state index contributed by atoms with van der Waals surface area (Å²) in [5.41, 5.74) is 2.37. The lowest BCUT2D eigenvalue weighted by Crippen LogP contribution is -2.34. The van der Waals surface area contributed by atoms with E-state index in [1.165, 1.54) is 30.9 Å². The zero-order chi connectivity index (χ0) is 21.7. The zero-order valence-corrected chi connectivity index (χ0v) is 18.8. The van der Waals surface area contributed by atoms with Gasteiger partial charge in [-0.3, -0.25) is 4.79 Å². The molecule has 7 heteroatoms. The zero-order valence-electron chi connectivity index (χ0n) is 18.0. The van der Waals surface area contributed by atoms with E-state index in [2.05, 4.69) is 17.1 Å². The molecule has 2 aromatic carbocycles. The summed E-state index contributed by atoms with van der Waals surface area (Å²) in [6.45, 7) is 4.29. The maximum atomic E-state index is 13.1. The van der Waals surface area contributed by atoms with Gasteiger partial charge in [0.05, 0.1) is 10.5 Å². The SMILES string of the molecule is CC(CNC(=O)c1cc(S(=O)(=O)N(C)C)ccc1N1CCCCC1)c1ccccc1. The largest absolute Gasteiger partial charge is 0.371 e. The smallest absolute Gasteiger partial charge is 0.253 e. The van der Waals surface area contributed by atoms with Crippen molar-refractivity contribution < 1.29 is 13.2 Å².